The molecule has 0 aliphatic heterocycles. The zero-order valence-electron chi connectivity index (χ0n) is 52.0. The van der Waals surface area contributed by atoms with Crippen molar-refractivity contribution in [2.75, 3.05) is 47.5 Å². The Morgan fingerprint density at radius 1 is 0.392 bits per heavy atom. The summed E-state index contributed by atoms with van der Waals surface area (Å²) in [4.78, 5) is 37.3. The molecule has 456 valence electrons. The maximum Gasteiger partial charge on any atom is 0.361 e. The SMILES string of the molecule is CC/C=C\C/C=C\C/C=C\C/C=C\CCC(=O)OC(COC(=O)CCCCCCCCCCCCCCCCCCCCCCCCCCCC/C=C\C/C=C\C/C=C\CCCCCCC)COC(OCC[N+](C)(C)C)C(=O)O. The van der Waals surface area contributed by atoms with E-state index in [0.29, 0.717) is 17.4 Å². The van der Waals surface area contributed by atoms with E-state index in [0.717, 1.165) is 57.8 Å². The van der Waals surface area contributed by atoms with Crippen molar-refractivity contribution in [2.45, 2.75) is 296 Å². The van der Waals surface area contributed by atoms with Crippen LogP contribution in [-0.4, -0.2) is 87.4 Å². The van der Waals surface area contributed by atoms with Gasteiger partial charge in [0.25, 0.3) is 6.29 Å². The molecule has 0 saturated heterocycles. The first-order valence-corrected chi connectivity index (χ1v) is 32.8. The van der Waals surface area contributed by atoms with Crippen molar-refractivity contribution in [1.82, 2.24) is 0 Å². The molecule has 0 radical (unpaired) electrons. The Bertz CT molecular complexity index is 1570. The van der Waals surface area contributed by atoms with Crippen LogP contribution in [0.1, 0.15) is 284 Å². The van der Waals surface area contributed by atoms with Crippen LogP contribution >= 0.6 is 0 Å². The van der Waals surface area contributed by atoms with Crippen LogP contribution < -0.4 is 0 Å². The number of carboxylic acids is 1. The van der Waals surface area contributed by atoms with E-state index < -0.39 is 24.3 Å². The Morgan fingerprint density at radius 3 is 1.13 bits per heavy atom. The zero-order chi connectivity index (χ0) is 57.6. The van der Waals surface area contributed by atoms with Crippen LogP contribution in [-0.2, 0) is 33.3 Å². The molecule has 0 aromatic carbocycles. The molecule has 0 spiro atoms. The lowest BCUT2D eigenvalue weighted by atomic mass is 10.0. The quantitative estimate of drug-likeness (QED) is 0.0211. The van der Waals surface area contributed by atoms with Gasteiger partial charge in [0.2, 0.25) is 0 Å². The van der Waals surface area contributed by atoms with E-state index in [2.05, 4.69) is 86.8 Å². The van der Waals surface area contributed by atoms with E-state index in [1.807, 2.05) is 33.3 Å². The normalized spacial score (nSPS) is 13.3. The van der Waals surface area contributed by atoms with Gasteiger partial charge in [-0.15, -0.1) is 0 Å². The third-order valence-electron chi connectivity index (χ3n) is 14.1. The fourth-order valence-corrected chi connectivity index (χ4v) is 9.15. The lowest BCUT2D eigenvalue weighted by Gasteiger charge is -2.25. The summed E-state index contributed by atoms with van der Waals surface area (Å²) in [7, 11) is 5.94. The largest absolute Gasteiger partial charge is 0.477 e. The van der Waals surface area contributed by atoms with Crippen molar-refractivity contribution >= 4 is 17.9 Å². The number of hydrogen-bond acceptors (Lipinski definition) is 7. The number of quaternary nitrogens is 1. The van der Waals surface area contributed by atoms with Crippen LogP contribution in [0.2, 0.25) is 0 Å². The first kappa shape index (κ1) is 75.5. The third kappa shape index (κ3) is 61.9. The van der Waals surface area contributed by atoms with Gasteiger partial charge >= 0.3 is 17.9 Å². The monoisotopic (exact) mass is 1110 g/mol. The molecule has 2 atom stereocenters. The molecule has 0 saturated carbocycles. The van der Waals surface area contributed by atoms with Gasteiger partial charge in [-0.25, -0.2) is 4.79 Å². The molecular weight excluding hydrogens is 983 g/mol. The molecule has 0 rings (SSSR count). The van der Waals surface area contributed by atoms with E-state index in [9.17, 15) is 19.5 Å². The Hall–Kier alpha value is -3.53. The molecule has 0 fully saturated rings. The molecule has 79 heavy (non-hydrogen) atoms. The van der Waals surface area contributed by atoms with Gasteiger partial charge in [0.1, 0.15) is 13.2 Å². The predicted molar refractivity (Wildman–Crippen MR) is 336 cm³/mol. The number of esters is 2. The smallest absolute Gasteiger partial charge is 0.361 e. The van der Waals surface area contributed by atoms with E-state index >= 15 is 0 Å². The summed E-state index contributed by atoms with van der Waals surface area (Å²) in [5.74, 6) is -2.11. The predicted octanol–water partition coefficient (Wildman–Crippen LogP) is 19.9. The number of likely N-dealkylation sites (N-methyl/N-ethyl adjacent to an activating group) is 1. The lowest BCUT2D eigenvalue weighted by Crippen LogP contribution is -2.40. The molecule has 9 heteroatoms. The highest BCUT2D eigenvalue weighted by atomic mass is 16.7. The zero-order valence-corrected chi connectivity index (χ0v) is 52.0. The minimum atomic E-state index is -1.53. The summed E-state index contributed by atoms with van der Waals surface area (Å²) in [5, 5.41) is 9.68. The Balaban J connectivity index is 3.91. The minimum absolute atomic E-state index is 0.138. The van der Waals surface area contributed by atoms with Crippen molar-refractivity contribution < 1.29 is 42.9 Å². The van der Waals surface area contributed by atoms with Gasteiger partial charge in [0.15, 0.2) is 6.10 Å². The average molecular weight is 1110 g/mol. The molecule has 0 bridgehead atoms. The molecule has 0 aliphatic carbocycles. The number of hydrogen-bond donors (Lipinski definition) is 1. The number of rotatable bonds is 60. The number of allylic oxidation sites excluding steroid dienone is 14. The fourth-order valence-electron chi connectivity index (χ4n) is 9.15. The van der Waals surface area contributed by atoms with Crippen LogP contribution in [0.3, 0.4) is 0 Å². The summed E-state index contributed by atoms with van der Waals surface area (Å²) in [6, 6.07) is 0. The molecule has 2 unspecified atom stereocenters. The second-order valence-corrected chi connectivity index (χ2v) is 23.0. The Morgan fingerprint density at radius 2 is 0.747 bits per heavy atom. The maximum absolute atomic E-state index is 12.8. The minimum Gasteiger partial charge on any atom is -0.477 e. The first-order chi connectivity index (χ1) is 38.6. The summed E-state index contributed by atoms with van der Waals surface area (Å²) in [6.45, 7) is 4.67. The third-order valence-corrected chi connectivity index (χ3v) is 14.1. The van der Waals surface area contributed by atoms with Crippen molar-refractivity contribution in [3.8, 4) is 0 Å². The second-order valence-electron chi connectivity index (χ2n) is 23.0. The second kappa shape index (κ2) is 60.6. The summed E-state index contributed by atoms with van der Waals surface area (Å²) >= 11 is 0. The number of carbonyl (C=O) groups excluding carboxylic acids is 2. The molecule has 0 aromatic heterocycles. The molecule has 1 N–H and O–H groups in total. The van der Waals surface area contributed by atoms with Crippen LogP contribution in [0.5, 0.6) is 0 Å². The molecule has 0 heterocycles. The highest BCUT2D eigenvalue weighted by molar-refractivity contribution is 5.71. The van der Waals surface area contributed by atoms with E-state index in [1.165, 1.54) is 193 Å². The number of unbranched alkanes of at least 4 members (excludes halogenated alkanes) is 31. The Kier molecular flexibility index (Phi) is 57.9. The standard InChI is InChI=1S/C70H123NO8/c1-6-8-10-12-14-16-18-20-21-22-23-24-25-26-27-28-29-30-31-32-33-34-35-36-37-38-39-40-41-42-43-44-45-46-47-49-50-52-54-56-58-60-67(72)77-64-66(65-78-70(69(74)75)76-63-62-71(3,4)5)79-68(73)61-59-57-55-53-51-48-19-17-15-13-11-9-7-2/h9,11,15,17-18,20,22-23,25-26,48,51,55,57,66,70H,6-8,10,12-14,16,19,21,24,27-47,49-50,52-54,56,58-65H2,1-5H3/p+1/b11-9-,17-15-,20-18-,23-22-,26-25-,51-48-,57-55-. The van der Waals surface area contributed by atoms with Gasteiger partial charge in [-0.3, -0.25) is 9.59 Å². The summed E-state index contributed by atoms with van der Waals surface area (Å²) in [6.07, 6.45) is 78.9. The highest BCUT2D eigenvalue weighted by Gasteiger charge is 2.25. The van der Waals surface area contributed by atoms with Crippen molar-refractivity contribution in [3.05, 3.63) is 85.1 Å². The van der Waals surface area contributed by atoms with E-state index in [-0.39, 0.29) is 38.6 Å². The van der Waals surface area contributed by atoms with Crippen molar-refractivity contribution in [3.63, 3.8) is 0 Å². The lowest BCUT2D eigenvalue weighted by molar-refractivity contribution is -0.870. The molecule has 0 aromatic rings. The van der Waals surface area contributed by atoms with Gasteiger partial charge in [0, 0.05) is 12.8 Å². The molecular formula is C70H124NO8+. The fraction of sp³-hybridized carbons (Fsp3) is 0.757. The van der Waals surface area contributed by atoms with Crippen molar-refractivity contribution in [1.29, 1.82) is 0 Å². The number of nitrogens with zero attached hydrogens (tertiary/aromatic N) is 1. The van der Waals surface area contributed by atoms with E-state index in [1.54, 1.807) is 0 Å². The Labute approximate surface area is 487 Å². The van der Waals surface area contributed by atoms with Gasteiger partial charge in [-0.1, -0.05) is 279 Å². The number of ether oxygens (including phenoxy) is 4. The van der Waals surface area contributed by atoms with Crippen LogP contribution in [0.15, 0.2) is 85.1 Å². The topological polar surface area (TPSA) is 108 Å². The van der Waals surface area contributed by atoms with Gasteiger partial charge in [-0.05, 0) is 77.0 Å². The average Bonchev–Trinajstić information content (AvgIpc) is 3.42. The number of carboxylic acid groups (broad SMARTS) is 1. The van der Waals surface area contributed by atoms with Crippen LogP contribution in [0.4, 0.5) is 0 Å². The molecule has 0 aliphatic rings. The summed E-state index contributed by atoms with van der Waals surface area (Å²) < 4.78 is 22.7. The van der Waals surface area contributed by atoms with Crippen LogP contribution in [0, 0.1) is 0 Å². The van der Waals surface area contributed by atoms with Gasteiger partial charge < -0.3 is 28.5 Å². The number of aliphatic carboxylic acids is 1. The van der Waals surface area contributed by atoms with Gasteiger partial charge in [-0.2, -0.15) is 0 Å². The first-order valence-electron chi connectivity index (χ1n) is 32.8. The number of carbonyl (C=O) groups is 3. The van der Waals surface area contributed by atoms with Crippen LogP contribution in [0.25, 0.3) is 0 Å². The highest BCUT2D eigenvalue weighted by Crippen LogP contribution is 2.17. The van der Waals surface area contributed by atoms with E-state index in [4.69, 9.17) is 18.9 Å². The van der Waals surface area contributed by atoms with Gasteiger partial charge in [0.05, 0.1) is 34.4 Å². The maximum atomic E-state index is 12.8. The molecule has 9 nitrogen and oxygen atoms in total. The summed E-state index contributed by atoms with van der Waals surface area (Å²) in [5.41, 5.74) is 0. The van der Waals surface area contributed by atoms with Crippen molar-refractivity contribution in [2.24, 2.45) is 0 Å². The molecule has 0 amide bonds.